The summed E-state index contributed by atoms with van der Waals surface area (Å²) in [4.78, 5) is 26.0. The van der Waals surface area contributed by atoms with Gasteiger partial charge in [0, 0.05) is 5.41 Å². The second-order valence-corrected chi connectivity index (χ2v) is 10.1. The lowest BCUT2D eigenvalue weighted by Gasteiger charge is -2.58. The number of hydrogen-bond donors (Lipinski definition) is 1. The lowest BCUT2D eigenvalue weighted by molar-refractivity contribution is -0.186. The van der Waals surface area contributed by atoms with E-state index >= 15 is 0 Å². The topological polar surface area (TPSA) is 63.6 Å². The van der Waals surface area contributed by atoms with Gasteiger partial charge in [-0.1, -0.05) is 51.0 Å². The molecule has 0 amide bonds. The molecule has 1 N–H and O–H groups in total. The number of aldehydes is 1. The number of ether oxygens (including phenoxy) is 1. The van der Waals surface area contributed by atoms with Crippen molar-refractivity contribution in [1.82, 2.24) is 0 Å². The maximum Gasteiger partial charge on any atom is 0.315 e. The Morgan fingerprint density at radius 1 is 1.36 bits per heavy atom. The summed E-state index contributed by atoms with van der Waals surface area (Å²) in [5.74, 6) is 0.596. The molecule has 4 aliphatic rings. The highest BCUT2D eigenvalue weighted by atomic mass is 16.5. The second kappa shape index (κ2) is 6.55. The zero-order chi connectivity index (χ0) is 20.3. The summed E-state index contributed by atoms with van der Waals surface area (Å²) in [5, 5.41) is 10.8. The average molecular weight is 387 g/mol. The van der Waals surface area contributed by atoms with Gasteiger partial charge in [0.15, 0.2) is 0 Å². The van der Waals surface area contributed by atoms with Crippen LogP contribution < -0.4 is 0 Å². The Kier molecular flexibility index (Phi) is 4.65. The fourth-order valence-electron chi connectivity index (χ4n) is 8.04. The molecule has 0 aromatic carbocycles. The minimum absolute atomic E-state index is 0.117. The second-order valence-electron chi connectivity index (χ2n) is 10.1. The Labute approximate surface area is 168 Å². The van der Waals surface area contributed by atoms with Gasteiger partial charge in [-0.15, -0.1) is 0 Å². The summed E-state index contributed by atoms with van der Waals surface area (Å²) in [7, 11) is 0. The van der Waals surface area contributed by atoms with Crippen molar-refractivity contribution in [3.8, 4) is 0 Å². The van der Waals surface area contributed by atoms with Crippen LogP contribution >= 0.6 is 0 Å². The largest absolute Gasteiger partial charge is 0.481 e. The minimum atomic E-state index is -1.11. The van der Waals surface area contributed by atoms with Gasteiger partial charge in [0.2, 0.25) is 0 Å². The Morgan fingerprint density at radius 2 is 2.11 bits per heavy atom. The number of aliphatic carboxylic acids is 1. The molecule has 0 aromatic heterocycles. The molecule has 0 aromatic rings. The lowest BCUT2D eigenvalue weighted by atomic mass is 9.43. The zero-order valence-electron chi connectivity index (χ0n) is 17.6. The molecule has 7 atom stereocenters. The highest BCUT2D eigenvalue weighted by molar-refractivity contribution is 5.90. The maximum absolute atomic E-state index is 13.2. The molecule has 0 radical (unpaired) electrons. The first-order valence-corrected chi connectivity index (χ1v) is 10.9. The number of rotatable bonds is 7. The number of carbonyl (C=O) groups excluding carboxylic acids is 1. The van der Waals surface area contributed by atoms with Gasteiger partial charge in [-0.3, -0.25) is 4.79 Å². The molecule has 0 saturated heterocycles. The van der Waals surface area contributed by atoms with Crippen LogP contribution in [0.1, 0.15) is 53.4 Å². The molecule has 0 aliphatic heterocycles. The monoisotopic (exact) mass is 386 g/mol. The van der Waals surface area contributed by atoms with Crippen molar-refractivity contribution in [2.45, 2.75) is 53.4 Å². The van der Waals surface area contributed by atoms with E-state index in [0.29, 0.717) is 31.5 Å². The molecular formula is C24H34O4. The van der Waals surface area contributed by atoms with E-state index in [9.17, 15) is 14.7 Å². The van der Waals surface area contributed by atoms with Gasteiger partial charge in [0.05, 0.1) is 18.6 Å². The first kappa shape index (κ1) is 19.9. The summed E-state index contributed by atoms with van der Waals surface area (Å²) in [6.45, 7) is 9.32. The Morgan fingerprint density at radius 3 is 2.71 bits per heavy atom. The number of carbonyl (C=O) groups is 2. The van der Waals surface area contributed by atoms with Crippen LogP contribution in [0.5, 0.6) is 0 Å². The molecule has 3 fully saturated rings. The van der Waals surface area contributed by atoms with Gasteiger partial charge >= 0.3 is 5.97 Å². The van der Waals surface area contributed by atoms with Crippen LogP contribution in [-0.2, 0) is 14.3 Å². The summed E-state index contributed by atoms with van der Waals surface area (Å²) < 4.78 is 6.09. The predicted octanol–water partition coefficient (Wildman–Crippen LogP) is 4.50. The quantitative estimate of drug-likeness (QED) is 0.397. The van der Waals surface area contributed by atoms with Crippen molar-refractivity contribution >= 4 is 12.3 Å². The number of hydrogen-bond acceptors (Lipinski definition) is 3. The summed E-state index contributed by atoms with van der Waals surface area (Å²) in [6, 6.07) is 0. The molecule has 4 aliphatic carbocycles. The third-order valence-electron chi connectivity index (χ3n) is 8.93. The predicted molar refractivity (Wildman–Crippen MR) is 108 cm³/mol. The fourth-order valence-corrected chi connectivity index (χ4v) is 8.04. The molecule has 3 saturated carbocycles. The van der Waals surface area contributed by atoms with E-state index in [1.807, 2.05) is 19.1 Å². The average Bonchev–Trinajstić information content (AvgIpc) is 3.22. The van der Waals surface area contributed by atoms with Gasteiger partial charge < -0.3 is 14.6 Å². The number of allylic oxidation sites excluding steroid dienone is 2. The standard InChI is InChI=1S/C24H34O4/c1-5-6-9-28-14-23-12-18-16(4)7-8-19(18)22(13-25)11-17(23)10-20(15(2)3)24(22,23)21(26)27/h5-6,10,13,15-19H,7-9,11-12,14H2,1-4H3,(H,26,27). The van der Waals surface area contributed by atoms with Crippen LogP contribution in [-0.4, -0.2) is 30.6 Å². The number of carboxylic acids is 1. The van der Waals surface area contributed by atoms with Gasteiger partial charge in [0.1, 0.15) is 11.7 Å². The Bertz CT molecular complexity index is 737. The van der Waals surface area contributed by atoms with E-state index in [1.165, 1.54) is 0 Å². The molecule has 4 bridgehead atoms. The molecule has 28 heavy (non-hydrogen) atoms. The van der Waals surface area contributed by atoms with Gasteiger partial charge in [0.25, 0.3) is 0 Å². The fraction of sp³-hybridized carbons (Fsp3) is 0.750. The molecule has 4 heteroatoms. The van der Waals surface area contributed by atoms with Crippen LogP contribution in [0.4, 0.5) is 0 Å². The Hall–Kier alpha value is -1.42. The zero-order valence-corrected chi connectivity index (χ0v) is 17.6. The van der Waals surface area contributed by atoms with E-state index < -0.39 is 22.2 Å². The number of fused-ring (bicyclic) bond motifs is 2. The van der Waals surface area contributed by atoms with Gasteiger partial charge in [-0.25, -0.2) is 0 Å². The number of carboxylic acid groups (broad SMARTS) is 1. The van der Waals surface area contributed by atoms with Crippen LogP contribution in [0.15, 0.2) is 23.8 Å². The normalized spacial score (nSPS) is 46.2. The maximum atomic E-state index is 13.2. The summed E-state index contributed by atoms with van der Waals surface area (Å²) in [5.41, 5.74) is -1.41. The van der Waals surface area contributed by atoms with Crippen molar-refractivity contribution in [2.75, 3.05) is 13.2 Å². The van der Waals surface area contributed by atoms with Crippen molar-refractivity contribution < 1.29 is 19.4 Å². The van der Waals surface area contributed by atoms with Crippen LogP contribution in [0.3, 0.4) is 0 Å². The summed E-state index contributed by atoms with van der Waals surface area (Å²) >= 11 is 0. The van der Waals surface area contributed by atoms with Crippen LogP contribution in [0, 0.1) is 45.8 Å². The molecule has 7 unspecified atom stereocenters. The van der Waals surface area contributed by atoms with Crippen LogP contribution in [0.2, 0.25) is 0 Å². The lowest BCUT2D eigenvalue weighted by Crippen LogP contribution is -2.63. The first-order chi connectivity index (χ1) is 13.3. The van der Waals surface area contributed by atoms with E-state index in [0.717, 1.165) is 31.1 Å². The molecule has 0 spiro atoms. The van der Waals surface area contributed by atoms with Crippen molar-refractivity contribution in [1.29, 1.82) is 0 Å². The van der Waals surface area contributed by atoms with Gasteiger partial charge in [-0.2, -0.15) is 0 Å². The molecule has 154 valence electrons. The third-order valence-corrected chi connectivity index (χ3v) is 8.93. The SMILES string of the molecule is CC=CCOCC12CC3C(C)CCC3C3(C=O)CC1C=C(C(C)C)C32C(=O)O. The van der Waals surface area contributed by atoms with E-state index in [4.69, 9.17) is 4.74 Å². The highest BCUT2D eigenvalue weighted by Gasteiger charge is 2.84. The Balaban J connectivity index is 1.90. The molecular weight excluding hydrogens is 352 g/mol. The first-order valence-electron chi connectivity index (χ1n) is 10.9. The molecule has 0 heterocycles. The molecule has 4 rings (SSSR count). The minimum Gasteiger partial charge on any atom is -0.481 e. The van der Waals surface area contributed by atoms with E-state index in [-0.39, 0.29) is 17.8 Å². The van der Waals surface area contributed by atoms with Gasteiger partial charge in [-0.05, 0) is 55.8 Å². The van der Waals surface area contributed by atoms with Crippen LogP contribution in [0.25, 0.3) is 0 Å². The highest BCUT2D eigenvalue weighted by Crippen LogP contribution is 2.82. The summed E-state index contributed by atoms with van der Waals surface area (Å²) in [6.07, 6.45) is 10.9. The third kappa shape index (κ3) is 2.05. The van der Waals surface area contributed by atoms with Crippen molar-refractivity contribution in [3.63, 3.8) is 0 Å². The van der Waals surface area contributed by atoms with Crippen molar-refractivity contribution in [2.24, 2.45) is 45.8 Å². The van der Waals surface area contributed by atoms with E-state index in [2.05, 4.69) is 26.8 Å². The van der Waals surface area contributed by atoms with E-state index in [1.54, 1.807) is 0 Å². The smallest absolute Gasteiger partial charge is 0.315 e. The van der Waals surface area contributed by atoms with Crippen molar-refractivity contribution in [3.05, 3.63) is 23.8 Å². The molecule has 4 nitrogen and oxygen atoms in total.